The van der Waals surface area contributed by atoms with Crippen LogP contribution >= 0.6 is 39.7 Å². The summed E-state index contributed by atoms with van der Waals surface area (Å²) in [6, 6.07) is 10.3. The summed E-state index contributed by atoms with van der Waals surface area (Å²) in [4.78, 5) is 13.3. The highest BCUT2D eigenvalue weighted by atomic mass is 79.9. The molecular formula is C19H20BrClN4O3S2. The van der Waals surface area contributed by atoms with E-state index < -0.39 is 16.1 Å². The highest BCUT2D eigenvalue weighted by Gasteiger charge is 2.26. The molecule has 2 aromatic carbocycles. The number of hydrogen-bond donors (Lipinski definition) is 2. The van der Waals surface area contributed by atoms with Crippen LogP contribution in [0.25, 0.3) is 0 Å². The molecule has 2 amide bonds. The molecule has 3 rings (SSSR count). The van der Waals surface area contributed by atoms with Crippen molar-refractivity contribution < 1.29 is 13.2 Å². The number of benzene rings is 2. The smallest absolute Gasteiger partial charge is 0.325 e. The van der Waals surface area contributed by atoms with Gasteiger partial charge in [0.15, 0.2) is 5.11 Å². The Morgan fingerprint density at radius 2 is 1.77 bits per heavy atom. The fraction of sp³-hybridized carbons (Fsp3) is 0.263. The molecule has 0 atom stereocenters. The number of anilines is 2. The first-order chi connectivity index (χ1) is 14.2. The zero-order valence-corrected chi connectivity index (χ0v) is 19.8. The molecular weight excluding hydrogens is 512 g/mol. The maximum atomic E-state index is 12.8. The number of rotatable bonds is 4. The molecule has 7 nitrogen and oxygen atoms in total. The van der Waals surface area contributed by atoms with E-state index in [2.05, 4.69) is 21.2 Å². The normalized spacial score (nSPS) is 14.9. The van der Waals surface area contributed by atoms with Crippen molar-refractivity contribution >= 4 is 72.3 Å². The van der Waals surface area contributed by atoms with Crippen LogP contribution in [0, 0.1) is 0 Å². The third kappa shape index (κ3) is 5.12. The lowest BCUT2D eigenvalue weighted by atomic mass is 10.2. The van der Waals surface area contributed by atoms with Gasteiger partial charge in [0, 0.05) is 23.2 Å². The second kappa shape index (κ2) is 9.61. The number of halogens is 2. The summed E-state index contributed by atoms with van der Waals surface area (Å²) in [7, 11) is -3.52. The molecule has 0 aromatic heterocycles. The van der Waals surface area contributed by atoms with Crippen LogP contribution < -0.4 is 16.0 Å². The largest absolute Gasteiger partial charge is 0.351 e. The Kier molecular flexibility index (Phi) is 7.35. The molecule has 0 bridgehead atoms. The average Bonchev–Trinajstić information content (AvgIpc) is 2.71. The van der Waals surface area contributed by atoms with Crippen molar-refractivity contribution in [3.8, 4) is 0 Å². The van der Waals surface area contributed by atoms with Gasteiger partial charge in [0.1, 0.15) is 0 Å². The standard InChI is InChI=1S/C19H20BrClN4O3S2/c20-16-12-14(6-9-17(16)21)25(18(22)26)19(29)23-13-4-7-15(8-5-13)30(27,28)24-10-2-1-3-11-24/h4-9,12H,1-3,10-11H2,(H2,22,26)(H,23,29). The molecule has 160 valence electrons. The van der Waals surface area contributed by atoms with Gasteiger partial charge in [-0.05, 0) is 83.5 Å². The van der Waals surface area contributed by atoms with Gasteiger partial charge in [0.2, 0.25) is 10.0 Å². The van der Waals surface area contributed by atoms with Gasteiger partial charge in [-0.15, -0.1) is 0 Å². The summed E-state index contributed by atoms with van der Waals surface area (Å²) in [6.07, 6.45) is 2.79. The van der Waals surface area contributed by atoms with Crippen molar-refractivity contribution in [1.82, 2.24) is 4.31 Å². The zero-order valence-electron chi connectivity index (χ0n) is 15.8. The van der Waals surface area contributed by atoms with Crippen LogP contribution in [0.4, 0.5) is 16.2 Å². The Hall–Kier alpha value is -1.72. The number of thiocarbonyl (C=S) groups is 1. The van der Waals surface area contributed by atoms with Crippen LogP contribution in [-0.2, 0) is 10.0 Å². The van der Waals surface area contributed by atoms with Crippen LogP contribution in [0.15, 0.2) is 51.8 Å². The van der Waals surface area contributed by atoms with Gasteiger partial charge in [-0.3, -0.25) is 0 Å². The first-order valence-electron chi connectivity index (χ1n) is 9.16. The highest BCUT2D eigenvalue weighted by Crippen LogP contribution is 2.28. The van der Waals surface area contributed by atoms with E-state index >= 15 is 0 Å². The van der Waals surface area contributed by atoms with E-state index in [1.165, 1.54) is 16.4 Å². The molecule has 1 heterocycles. The van der Waals surface area contributed by atoms with Crippen molar-refractivity contribution in [2.75, 3.05) is 23.3 Å². The van der Waals surface area contributed by atoms with Crippen LogP contribution in [0.5, 0.6) is 0 Å². The SMILES string of the molecule is NC(=O)N(C(=S)Nc1ccc(S(=O)(=O)N2CCCCC2)cc1)c1ccc(Cl)c(Br)c1. The number of sulfonamides is 1. The Labute approximate surface area is 194 Å². The number of carbonyl (C=O) groups is 1. The summed E-state index contributed by atoms with van der Waals surface area (Å²) in [6.45, 7) is 1.08. The molecule has 0 radical (unpaired) electrons. The molecule has 1 aliphatic rings. The fourth-order valence-corrected chi connectivity index (χ4v) is 5.43. The van der Waals surface area contributed by atoms with Crippen molar-refractivity contribution in [3.63, 3.8) is 0 Å². The van der Waals surface area contributed by atoms with Gasteiger partial charge < -0.3 is 11.1 Å². The third-order valence-corrected chi connectivity index (χ3v) is 8.05. The summed E-state index contributed by atoms with van der Waals surface area (Å²) < 4.78 is 27.6. The molecule has 0 saturated carbocycles. The monoisotopic (exact) mass is 530 g/mol. The minimum atomic E-state index is -3.52. The number of hydrogen-bond acceptors (Lipinski definition) is 4. The van der Waals surface area contributed by atoms with E-state index in [1.54, 1.807) is 30.3 Å². The molecule has 2 aromatic rings. The predicted molar refractivity (Wildman–Crippen MR) is 126 cm³/mol. The Balaban J connectivity index is 1.77. The Bertz CT molecular complexity index is 1060. The third-order valence-electron chi connectivity index (χ3n) is 4.64. The first-order valence-corrected chi connectivity index (χ1v) is 12.2. The number of carbonyl (C=O) groups excluding carboxylic acids is 1. The first kappa shape index (κ1) is 23.0. The lowest BCUT2D eigenvalue weighted by molar-refractivity contribution is 0.256. The average molecular weight is 532 g/mol. The van der Waals surface area contributed by atoms with Crippen LogP contribution in [0.1, 0.15) is 19.3 Å². The van der Waals surface area contributed by atoms with Crippen molar-refractivity contribution in [2.45, 2.75) is 24.2 Å². The molecule has 0 aliphatic carbocycles. The van der Waals surface area contributed by atoms with E-state index in [0.717, 1.165) is 24.2 Å². The molecule has 1 fully saturated rings. The van der Waals surface area contributed by atoms with Gasteiger partial charge in [0.25, 0.3) is 0 Å². The van der Waals surface area contributed by atoms with Crippen LogP contribution in [-0.4, -0.2) is 37.0 Å². The maximum Gasteiger partial charge on any atom is 0.325 e. The molecule has 11 heteroatoms. The lowest BCUT2D eigenvalue weighted by Crippen LogP contribution is -2.43. The quantitative estimate of drug-likeness (QED) is 0.564. The van der Waals surface area contributed by atoms with Crippen LogP contribution in [0.3, 0.4) is 0 Å². The topological polar surface area (TPSA) is 95.7 Å². The number of amides is 2. The number of nitrogens with zero attached hydrogens (tertiary/aromatic N) is 2. The van der Waals surface area contributed by atoms with Crippen molar-refractivity contribution in [3.05, 3.63) is 52.0 Å². The lowest BCUT2D eigenvalue weighted by Gasteiger charge is -2.26. The number of primary amides is 1. The van der Waals surface area contributed by atoms with Gasteiger partial charge in [-0.2, -0.15) is 4.31 Å². The summed E-state index contributed by atoms with van der Waals surface area (Å²) >= 11 is 14.6. The molecule has 3 N–H and O–H groups in total. The molecule has 1 aliphatic heterocycles. The van der Waals surface area contributed by atoms with E-state index in [1.807, 2.05) is 0 Å². The minimum Gasteiger partial charge on any atom is -0.351 e. The van der Waals surface area contributed by atoms with Crippen LogP contribution in [0.2, 0.25) is 5.02 Å². The minimum absolute atomic E-state index is 0.0448. The maximum absolute atomic E-state index is 12.8. The van der Waals surface area contributed by atoms with Crippen molar-refractivity contribution in [2.24, 2.45) is 5.73 Å². The number of nitrogens with one attached hydrogen (secondary N) is 1. The number of urea groups is 1. The Morgan fingerprint density at radius 1 is 1.13 bits per heavy atom. The van der Waals surface area contributed by atoms with E-state index in [9.17, 15) is 13.2 Å². The Morgan fingerprint density at radius 3 is 2.33 bits per heavy atom. The van der Waals surface area contributed by atoms with Gasteiger partial charge in [-0.25, -0.2) is 18.1 Å². The molecule has 0 spiro atoms. The molecule has 0 unspecified atom stereocenters. The van der Waals surface area contributed by atoms with E-state index in [0.29, 0.717) is 34.0 Å². The second-order valence-electron chi connectivity index (χ2n) is 6.69. The summed E-state index contributed by atoms with van der Waals surface area (Å²) in [5.41, 5.74) is 6.46. The summed E-state index contributed by atoms with van der Waals surface area (Å²) in [5.74, 6) is 0. The van der Waals surface area contributed by atoms with Crippen molar-refractivity contribution in [1.29, 1.82) is 0 Å². The predicted octanol–water partition coefficient (Wildman–Crippen LogP) is 4.56. The summed E-state index contributed by atoms with van der Waals surface area (Å²) in [5, 5.41) is 3.44. The fourth-order valence-electron chi connectivity index (χ4n) is 3.11. The number of piperidine rings is 1. The molecule has 1 saturated heterocycles. The highest BCUT2D eigenvalue weighted by molar-refractivity contribution is 9.10. The van der Waals surface area contributed by atoms with Gasteiger partial charge >= 0.3 is 6.03 Å². The molecule has 30 heavy (non-hydrogen) atoms. The van der Waals surface area contributed by atoms with Gasteiger partial charge in [-0.1, -0.05) is 18.0 Å². The number of nitrogens with two attached hydrogens (primary N) is 1. The van der Waals surface area contributed by atoms with E-state index in [4.69, 9.17) is 29.6 Å². The zero-order chi connectivity index (χ0) is 21.9. The van der Waals surface area contributed by atoms with E-state index in [-0.39, 0.29) is 10.0 Å². The van der Waals surface area contributed by atoms with Gasteiger partial charge in [0.05, 0.1) is 15.6 Å². The second-order valence-corrected chi connectivity index (χ2v) is 10.3.